The summed E-state index contributed by atoms with van der Waals surface area (Å²) in [5.41, 5.74) is -0.419. The number of hydrogen-bond acceptors (Lipinski definition) is 4. The summed E-state index contributed by atoms with van der Waals surface area (Å²) < 4.78 is 19.0. The third-order valence-electron chi connectivity index (χ3n) is 3.65. The normalized spacial score (nSPS) is 13.2. The molecule has 0 atom stereocenters. The molecule has 2 aromatic carbocycles. The van der Waals surface area contributed by atoms with Crippen LogP contribution in [0.25, 0.3) is 0 Å². The molecule has 0 spiro atoms. The van der Waals surface area contributed by atoms with Gasteiger partial charge in [-0.1, -0.05) is 35.3 Å². The second-order valence-electron chi connectivity index (χ2n) is 5.09. The molecule has 0 bridgehead atoms. The van der Waals surface area contributed by atoms with Gasteiger partial charge in [0.15, 0.2) is 0 Å². The lowest BCUT2D eigenvalue weighted by Gasteiger charge is -2.19. The van der Waals surface area contributed by atoms with Crippen molar-refractivity contribution in [3.63, 3.8) is 0 Å². The number of hydrogen-bond donors (Lipinski definition) is 0. The van der Waals surface area contributed by atoms with Crippen LogP contribution in [-0.2, 0) is 4.74 Å². The number of imide groups is 1. The molecule has 0 saturated carbocycles. The average molecular weight is 382 g/mol. The summed E-state index contributed by atoms with van der Waals surface area (Å²) in [6.07, 6.45) is 0. The highest BCUT2D eigenvalue weighted by Crippen LogP contribution is 2.42. The largest absolute Gasteiger partial charge is 0.462 e. The highest BCUT2D eigenvalue weighted by Gasteiger charge is 2.40. The third-order valence-corrected chi connectivity index (χ3v) is 4.39. The van der Waals surface area contributed by atoms with Crippen LogP contribution < -0.4 is 4.90 Å². The number of esters is 1. The summed E-state index contributed by atoms with van der Waals surface area (Å²) in [4.78, 5) is 37.8. The number of rotatable bonds is 3. The van der Waals surface area contributed by atoms with Crippen molar-refractivity contribution in [2.75, 3.05) is 11.5 Å². The smallest absolute Gasteiger partial charge is 0.339 e. The maximum atomic E-state index is 14.2. The van der Waals surface area contributed by atoms with Gasteiger partial charge in [0.1, 0.15) is 10.8 Å². The minimum absolute atomic E-state index is 0.0434. The van der Waals surface area contributed by atoms with Crippen molar-refractivity contribution in [3.05, 3.63) is 62.9 Å². The number of nitrogens with zero attached hydrogens (tertiary/aromatic N) is 1. The zero-order valence-corrected chi connectivity index (χ0v) is 14.3. The Morgan fingerprint density at radius 1 is 1.12 bits per heavy atom. The summed E-state index contributed by atoms with van der Waals surface area (Å²) in [7, 11) is 0. The number of halogens is 3. The topological polar surface area (TPSA) is 63.7 Å². The molecule has 5 nitrogen and oxygen atoms in total. The first-order chi connectivity index (χ1) is 11.9. The van der Waals surface area contributed by atoms with Gasteiger partial charge in [-0.3, -0.25) is 9.59 Å². The maximum absolute atomic E-state index is 14.2. The van der Waals surface area contributed by atoms with Crippen molar-refractivity contribution in [2.24, 2.45) is 0 Å². The average Bonchev–Trinajstić information content (AvgIpc) is 2.84. The first-order valence-corrected chi connectivity index (χ1v) is 7.96. The Bertz CT molecular complexity index is 894. The van der Waals surface area contributed by atoms with Gasteiger partial charge >= 0.3 is 5.97 Å². The van der Waals surface area contributed by atoms with Gasteiger partial charge in [-0.2, -0.15) is 0 Å². The predicted molar refractivity (Wildman–Crippen MR) is 90.0 cm³/mol. The lowest BCUT2D eigenvalue weighted by Crippen LogP contribution is -2.30. The zero-order valence-electron chi connectivity index (χ0n) is 12.8. The van der Waals surface area contributed by atoms with Crippen molar-refractivity contribution >= 4 is 46.7 Å². The molecule has 0 N–H and O–H groups in total. The van der Waals surface area contributed by atoms with Crippen LogP contribution >= 0.6 is 23.2 Å². The van der Waals surface area contributed by atoms with Gasteiger partial charge in [-0.15, -0.1) is 0 Å². The second kappa shape index (κ2) is 6.46. The van der Waals surface area contributed by atoms with Crippen molar-refractivity contribution in [1.29, 1.82) is 0 Å². The molecule has 1 aliphatic rings. The first-order valence-electron chi connectivity index (χ1n) is 7.20. The van der Waals surface area contributed by atoms with Gasteiger partial charge in [0, 0.05) is 0 Å². The van der Waals surface area contributed by atoms with E-state index in [1.165, 1.54) is 12.1 Å². The fourth-order valence-electron chi connectivity index (χ4n) is 2.54. The van der Waals surface area contributed by atoms with E-state index in [2.05, 4.69) is 0 Å². The number of benzene rings is 2. The summed E-state index contributed by atoms with van der Waals surface area (Å²) in [5.74, 6) is -3.30. The van der Waals surface area contributed by atoms with E-state index in [1.807, 2.05) is 0 Å². The molecule has 128 valence electrons. The van der Waals surface area contributed by atoms with E-state index in [-0.39, 0.29) is 34.0 Å². The second-order valence-corrected chi connectivity index (χ2v) is 5.85. The molecule has 0 unspecified atom stereocenters. The van der Waals surface area contributed by atoms with Crippen LogP contribution in [0.3, 0.4) is 0 Å². The molecule has 0 aromatic heterocycles. The van der Waals surface area contributed by atoms with Crippen LogP contribution in [0.5, 0.6) is 0 Å². The predicted octanol–water partition coefficient (Wildman–Crippen LogP) is 4.11. The Morgan fingerprint density at radius 2 is 1.68 bits per heavy atom. The molecular weight excluding hydrogens is 372 g/mol. The molecular formula is C17H10Cl2FNO4. The van der Waals surface area contributed by atoms with Crippen LogP contribution in [0.1, 0.15) is 38.0 Å². The Hall–Kier alpha value is -2.44. The van der Waals surface area contributed by atoms with Crippen molar-refractivity contribution in [3.8, 4) is 0 Å². The Balaban J connectivity index is 2.20. The quantitative estimate of drug-likeness (QED) is 0.455. The third kappa shape index (κ3) is 2.67. The van der Waals surface area contributed by atoms with E-state index in [1.54, 1.807) is 19.1 Å². The molecule has 25 heavy (non-hydrogen) atoms. The fourth-order valence-corrected chi connectivity index (χ4v) is 3.13. The molecule has 8 heteroatoms. The van der Waals surface area contributed by atoms with Crippen LogP contribution in [0.2, 0.25) is 10.0 Å². The summed E-state index contributed by atoms with van der Waals surface area (Å²) >= 11 is 12.1. The minimum atomic E-state index is -0.999. The first kappa shape index (κ1) is 17.4. The number of ether oxygens (including phenoxy) is 1. The zero-order chi connectivity index (χ0) is 18.3. The van der Waals surface area contributed by atoms with Gasteiger partial charge in [-0.25, -0.2) is 14.1 Å². The van der Waals surface area contributed by atoms with Crippen LogP contribution in [-0.4, -0.2) is 24.4 Å². The standard InChI is InChI=1S/C17H10Cl2FNO4/c1-2-25-17(24)10-7-11(20)13(19)14(12(10)18)21-15(22)8-5-3-4-6-9(8)16(21)23/h3-7H,2H2,1H3. The number of fused-ring (bicyclic) bond motifs is 1. The maximum Gasteiger partial charge on any atom is 0.339 e. The monoisotopic (exact) mass is 381 g/mol. The number of anilines is 1. The van der Waals surface area contributed by atoms with Gasteiger partial charge in [-0.05, 0) is 25.1 Å². The summed E-state index contributed by atoms with van der Waals surface area (Å²) in [6.45, 7) is 1.62. The number of carbonyl (C=O) groups excluding carboxylic acids is 3. The Morgan fingerprint density at radius 3 is 2.20 bits per heavy atom. The van der Waals surface area contributed by atoms with Crippen molar-refractivity contribution in [2.45, 2.75) is 6.92 Å². The SMILES string of the molecule is CCOC(=O)c1cc(F)c(Cl)c(N2C(=O)c3ccccc3C2=O)c1Cl. The molecule has 2 aromatic rings. The number of amides is 2. The summed E-state index contributed by atoms with van der Waals surface area (Å²) in [6, 6.07) is 6.91. The van der Waals surface area contributed by atoms with Gasteiger partial charge in [0.05, 0.1) is 34.0 Å². The van der Waals surface area contributed by atoms with Crippen LogP contribution in [0.4, 0.5) is 10.1 Å². The lowest BCUT2D eigenvalue weighted by molar-refractivity contribution is 0.0525. The molecule has 3 rings (SSSR count). The highest BCUT2D eigenvalue weighted by molar-refractivity contribution is 6.46. The van der Waals surface area contributed by atoms with Crippen LogP contribution in [0.15, 0.2) is 30.3 Å². The Labute approximate surface area is 151 Å². The summed E-state index contributed by atoms with van der Waals surface area (Å²) in [5, 5.41) is -0.869. The fraction of sp³-hybridized carbons (Fsp3) is 0.118. The molecule has 0 aliphatic carbocycles. The van der Waals surface area contributed by atoms with E-state index in [9.17, 15) is 18.8 Å². The van der Waals surface area contributed by atoms with Gasteiger partial charge in [0.2, 0.25) is 0 Å². The minimum Gasteiger partial charge on any atom is -0.462 e. The van der Waals surface area contributed by atoms with Crippen molar-refractivity contribution < 1.29 is 23.5 Å². The molecule has 0 radical (unpaired) electrons. The highest BCUT2D eigenvalue weighted by atomic mass is 35.5. The number of carbonyl (C=O) groups is 3. The Kier molecular flexibility index (Phi) is 4.49. The van der Waals surface area contributed by atoms with Gasteiger partial charge in [0.25, 0.3) is 11.8 Å². The van der Waals surface area contributed by atoms with E-state index in [0.717, 1.165) is 6.07 Å². The molecule has 1 heterocycles. The van der Waals surface area contributed by atoms with E-state index in [0.29, 0.717) is 4.90 Å². The van der Waals surface area contributed by atoms with Gasteiger partial charge < -0.3 is 4.74 Å². The molecule has 1 aliphatic heterocycles. The van der Waals surface area contributed by atoms with E-state index < -0.39 is 28.6 Å². The molecule has 0 saturated heterocycles. The van der Waals surface area contributed by atoms with Crippen molar-refractivity contribution in [1.82, 2.24) is 0 Å². The lowest BCUT2D eigenvalue weighted by atomic mass is 10.1. The van der Waals surface area contributed by atoms with Crippen LogP contribution in [0, 0.1) is 5.82 Å². The molecule has 2 amide bonds. The molecule has 0 fully saturated rings. The van der Waals surface area contributed by atoms with E-state index in [4.69, 9.17) is 27.9 Å². The van der Waals surface area contributed by atoms with E-state index >= 15 is 0 Å².